The molecular weight excluding hydrogens is 276 g/mol. The van der Waals surface area contributed by atoms with Crippen molar-refractivity contribution in [1.82, 2.24) is 15.0 Å². The van der Waals surface area contributed by atoms with Crippen molar-refractivity contribution in [1.29, 1.82) is 0 Å². The molecule has 0 fully saturated rings. The monoisotopic (exact) mass is 284 g/mol. The average Bonchev–Trinajstić information content (AvgIpc) is 2.29. The number of hydrogen-bond acceptors (Lipinski definition) is 5. The number of hydrogen-bond donors (Lipinski definition) is 1. The third-order valence-corrected chi connectivity index (χ3v) is 3.85. The van der Waals surface area contributed by atoms with Gasteiger partial charge in [-0.1, -0.05) is 11.6 Å². The second kappa shape index (κ2) is 4.87. The highest BCUT2D eigenvalue weighted by Gasteiger charge is 2.19. The first-order valence-electron chi connectivity index (χ1n) is 4.91. The highest BCUT2D eigenvalue weighted by Crippen LogP contribution is 2.21. The molecule has 2 heterocycles. The maximum absolute atomic E-state index is 12.0. The van der Waals surface area contributed by atoms with E-state index in [1.165, 1.54) is 24.7 Å². The van der Waals surface area contributed by atoms with Gasteiger partial charge in [0.2, 0.25) is 0 Å². The second-order valence-electron chi connectivity index (χ2n) is 3.44. The fourth-order valence-electron chi connectivity index (χ4n) is 1.26. The Balaban J connectivity index is 2.37. The summed E-state index contributed by atoms with van der Waals surface area (Å²) in [6, 6.07) is 4.40. The van der Waals surface area contributed by atoms with Crippen molar-refractivity contribution in [3.8, 4) is 0 Å². The number of nitrogens with one attached hydrogen (secondary N) is 1. The quantitative estimate of drug-likeness (QED) is 0.866. The lowest BCUT2D eigenvalue weighted by atomic mass is 10.4. The first-order valence-corrected chi connectivity index (χ1v) is 6.77. The molecule has 1 N–H and O–H groups in total. The summed E-state index contributed by atoms with van der Waals surface area (Å²) in [7, 11) is -3.80. The maximum Gasteiger partial charge on any atom is 0.266 e. The van der Waals surface area contributed by atoms with Crippen LogP contribution in [0.15, 0.2) is 35.6 Å². The Morgan fingerprint density at radius 1 is 1.28 bits per heavy atom. The van der Waals surface area contributed by atoms with Gasteiger partial charge < -0.3 is 0 Å². The molecule has 2 rings (SSSR count). The van der Waals surface area contributed by atoms with E-state index in [0.29, 0.717) is 5.69 Å². The van der Waals surface area contributed by atoms with Crippen LogP contribution in [-0.2, 0) is 10.0 Å². The molecule has 8 heteroatoms. The molecule has 0 bridgehead atoms. The van der Waals surface area contributed by atoms with E-state index in [2.05, 4.69) is 19.7 Å². The Labute approximate surface area is 109 Å². The number of rotatable bonds is 3. The molecule has 0 spiro atoms. The topological polar surface area (TPSA) is 84.8 Å². The van der Waals surface area contributed by atoms with E-state index in [-0.39, 0.29) is 15.9 Å². The van der Waals surface area contributed by atoms with Crippen LogP contribution in [0.1, 0.15) is 5.69 Å². The molecule has 0 aromatic carbocycles. The van der Waals surface area contributed by atoms with Gasteiger partial charge in [0.1, 0.15) is 22.2 Å². The van der Waals surface area contributed by atoms with E-state index in [4.69, 9.17) is 11.6 Å². The highest BCUT2D eigenvalue weighted by atomic mass is 35.5. The summed E-state index contributed by atoms with van der Waals surface area (Å²) in [5.74, 6) is 0.168. The third-order valence-electron chi connectivity index (χ3n) is 2.06. The summed E-state index contributed by atoms with van der Waals surface area (Å²) >= 11 is 5.82. The average molecular weight is 285 g/mol. The minimum absolute atomic E-state index is 0.0726. The normalized spacial score (nSPS) is 11.2. The van der Waals surface area contributed by atoms with Gasteiger partial charge in [0.25, 0.3) is 10.0 Å². The number of sulfonamides is 1. The smallest absolute Gasteiger partial charge is 0.263 e. The van der Waals surface area contributed by atoms with E-state index in [0.717, 1.165) is 0 Å². The van der Waals surface area contributed by atoms with Crippen LogP contribution in [-0.4, -0.2) is 23.4 Å². The van der Waals surface area contributed by atoms with Gasteiger partial charge in [-0.25, -0.2) is 23.4 Å². The van der Waals surface area contributed by atoms with Crippen LogP contribution in [0.4, 0.5) is 5.82 Å². The summed E-state index contributed by atoms with van der Waals surface area (Å²) in [6.07, 6.45) is 2.67. The van der Waals surface area contributed by atoms with E-state index in [9.17, 15) is 8.42 Å². The second-order valence-corrected chi connectivity index (χ2v) is 5.45. The zero-order chi connectivity index (χ0) is 13.2. The first kappa shape index (κ1) is 12.7. The summed E-state index contributed by atoms with van der Waals surface area (Å²) in [5, 5.41) is -0.0726. The molecule has 0 radical (unpaired) electrons. The predicted octanol–water partition coefficient (Wildman–Crippen LogP) is 1.63. The van der Waals surface area contributed by atoms with Gasteiger partial charge in [-0.3, -0.25) is 4.72 Å². The Morgan fingerprint density at radius 2 is 2.06 bits per heavy atom. The van der Waals surface area contributed by atoms with E-state index >= 15 is 0 Å². The van der Waals surface area contributed by atoms with Gasteiger partial charge in [0.15, 0.2) is 0 Å². The SMILES string of the molecule is Cc1ccc(S(=O)(=O)Nc2ccncn2)c(Cl)n1. The van der Waals surface area contributed by atoms with Gasteiger partial charge in [-0.05, 0) is 25.1 Å². The van der Waals surface area contributed by atoms with Crippen LogP contribution in [0.25, 0.3) is 0 Å². The van der Waals surface area contributed by atoms with Crippen molar-refractivity contribution in [2.24, 2.45) is 0 Å². The Bertz CT molecular complexity index is 661. The molecule has 6 nitrogen and oxygen atoms in total. The van der Waals surface area contributed by atoms with Crippen LogP contribution in [0.5, 0.6) is 0 Å². The maximum atomic E-state index is 12.0. The summed E-state index contributed by atoms with van der Waals surface area (Å²) in [6.45, 7) is 1.72. The van der Waals surface area contributed by atoms with Crippen LogP contribution in [0.3, 0.4) is 0 Å². The van der Waals surface area contributed by atoms with Gasteiger partial charge in [0, 0.05) is 11.9 Å². The minimum Gasteiger partial charge on any atom is -0.263 e. The number of aromatic nitrogens is 3. The zero-order valence-corrected chi connectivity index (χ0v) is 10.9. The van der Waals surface area contributed by atoms with Crippen LogP contribution < -0.4 is 4.72 Å². The lowest BCUT2D eigenvalue weighted by Crippen LogP contribution is -2.15. The van der Waals surface area contributed by atoms with Gasteiger partial charge >= 0.3 is 0 Å². The van der Waals surface area contributed by atoms with Crippen molar-refractivity contribution < 1.29 is 8.42 Å². The fraction of sp³-hybridized carbons (Fsp3) is 0.100. The molecule has 0 aliphatic heterocycles. The highest BCUT2D eigenvalue weighted by molar-refractivity contribution is 7.92. The number of pyridine rings is 1. The largest absolute Gasteiger partial charge is 0.266 e. The number of aryl methyl sites for hydroxylation is 1. The molecule has 0 aliphatic rings. The Hall–Kier alpha value is -1.73. The van der Waals surface area contributed by atoms with E-state index < -0.39 is 10.0 Å². The lowest BCUT2D eigenvalue weighted by molar-refractivity contribution is 0.600. The summed E-state index contributed by atoms with van der Waals surface area (Å²) in [5.41, 5.74) is 0.640. The minimum atomic E-state index is -3.80. The van der Waals surface area contributed by atoms with Crippen LogP contribution in [0.2, 0.25) is 5.15 Å². The third kappa shape index (κ3) is 2.74. The van der Waals surface area contributed by atoms with Crippen molar-refractivity contribution in [3.63, 3.8) is 0 Å². The number of anilines is 1. The van der Waals surface area contributed by atoms with E-state index in [1.807, 2.05) is 0 Å². The molecule has 94 valence electrons. The molecule has 2 aromatic rings. The Kier molecular flexibility index (Phi) is 3.44. The number of nitrogens with zero attached hydrogens (tertiary/aromatic N) is 3. The molecule has 0 atom stereocenters. The van der Waals surface area contributed by atoms with Gasteiger partial charge in [-0.15, -0.1) is 0 Å². The molecule has 0 saturated carbocycles. The fourth-order valence-corrected chi connectivity index (χ4v) is 2.78. The molecule has 0 unspecified atom stereocenters. The molecule has 0 saturated heterocycles. The van der Waals surface area contributed by atoms with Gasteiger partial charge in [0.05, 0.1) is 0 Å². The molecule has 0 aliphatic carbocycles. The lowest BCUT2D eigenvalue weighted by Gasteiger charge is -2.08. The standard InChI is InChI=1S/C10H9ClN4O2S/c1-7-2-3-8(10(11)14-7)18(16,17)15-9-4-5-12-6-13-9/h2-6H,1H3,(H,12,13,15). The Morgan fingerprint density at radius 3 is 2.67 bits per heavy atom. The molecular formula is C10H9ClN4O2S. The number of halogens is 1. The van der Waals surface area contributed by atoms with E-state index in [1.54, 1.807) is 13.0 Å². The van der Waals surface area contributed by atoms with Gasteiger partial charge in [-0.2, -0.15) is 0 Å². The molecule has 0 amide bonds. The van der Waals surface area contributed by atoms with Crippen molar-refractivity contribution >= 4 is 27.4 Å². The molecule has 2 aromatic heterocycles. The zero-order valence-electron chi connectivity index (χ0n) is 9.33. The summed E-state index contributed by atoms with van der Waals surface area (Å²) in [4.78, 5) is 11.3. The van der Waals surface area contributed by atoms with Crippen molar-refractivity contribution in [3.05, 3.63) is 41.6 Å². The first-order chi connectivity index (χ1) is 8.49. The summed E-state index contributed by atoms with van der Waals surface area (Å²) < 4.78 is 26.4. The van der Waals surface area contributed by atoms with Crippen molar-refractivity contribution in [2.75, 3.05) is 4.72 Å². The van der Waals surface area contributed by atoms with Crippen molar-refractivity contribution in [2.45, 2.75) is 11.8 Å². The van der Waals surface area contributed by atoms with Crippen LogP contribution in [0, 0.1) is 6.92 Å². The van der Waals surface area contributed by atoms with Crippen LogP contribution >= 0.6 is 11.6 Å². The predicted molar refractivity (Wildman–Crippen MR) is 66.8 cm³/mol. The molecule has 18 heavy (non-hydrogen) atoms.